The molecular formula is C26H24N2O7. The molecule has 1 aliphatic rings. The fraction of sp³-hybridized carbons (Fsp3) is 0.269. The number of carboxylic acid groups (broad SMARTS) is 1. The van der Waals surface area contributed by atoms with Gasteiger partial charge in [0, 0.05) is 40.5 Å². The number of phenolic OH excluding ortho intramolecular Hbond substituents is 1. The molecule has 1 aliphatic carbocycles. The lowest BCUT2D eigenvalue weighted by molar-refractivity contribution is -0.142. The Morgan fingerprint density at radius 3 is 2.74 bits per heavy atom. The highest BCUT2D eigenvalue weighted by molar-refractivity contribution is 5.89. The van der Waals surface area contributed by atoms with Crippen molar-refractivity contribution in [2.24, 2.45) is 0 Å². The predicted molar refractivity (Wildman–Crippen MR) is 128 cm³/mol. The zero-order valence-electron chi connectivity index (χ0n) is 19.0. The van der Waals surface area contributed by atoms with Gasteiger partial charge in [-0.2, -0.15) is 0 Å². The van der Waals surface area contributed by atoms with E-state index in [1.165, 1.54) is 13.0 Å². The van der Waals surface area contributed by atoms with Gasteiger partial charge in [-0.25, -0.2) is 9.59 Å². The first-order valence-electron chi connectivity index (χ1n) is 11.4. The van der Waals surface area contributed by atoms with Crippen LogP contribution in [-0.4, -0.2) is 39.2 Å². The fourth-order valence-corrected chi connectivity index (χ4v) is 4.64. The van der Waals surface area contributed by atoms with Crippen LogP contribution in [0, 0.1) is 0 Å². The zero-order chi connectivity index (χ0) is 24.7. The lowest BCUT2D eigenvalue weighted by atomic mass is 10.0. The van der Waals surface area contributed by atoms with E-state index >= 15 is 0 Å². The third-order valence-corrected chi connectivity index (χ3v) is 6.42. The Labute approximate surface area is 199 Å². The van der Waals surface area contributed by atoms with Crippen molar-refractivity contribution in [2.75, 3.05) is 0 Å². The van der Waals surface area contributed by atoms with Gasteiger partial charge in [0.1, 0.15) is 23.1 Å². The lowest BCUT2D eigenvalue weighted by Crippen LogP contribution is -2.47. The lowest BCUT2D eigenvalue weighted by Gasteiger charge is -2.19. The molecule has 0 bridgehead atoms. The summed E-state index contributed by atoms with van der Waals surface area (Å²) in [5.74, 6) is -1.40. The maximum Gasteiger partial charge on any atom is 0.339 e. The van der Waals surface area contributed by atoms with Gasteiger partial charge in [0.05, 0.1) is 0 Å². The average molecular weight is 476 g/mol. The number of nitrogens with one attached hydrogen (secondary N) is 2. The van der Waals surface area contributed by atoms with E-state index < -0.39 is 24.0 Å². The molecule has 0 aliphatic heterocycles. The molecule has 9 heteroatoms. The molecule has 0 unspecified atom stereocenters. The van der Waals surface area contributed by atoms with Crippen molar-refractivity contribution in [2.45, 2.75) is 44.8 Å². The molecule has 0 radical (unpaired) electrons. The van der Waals surface area contributed by atoms with E-state index in [2.05, 4.69) is 10.3 Å². The number of carboxylic acids is 1. The van der Waals surface area contributed by atoms with Crippen LogP contribution < -0.4 is 15.7 Å². The van der Waals surface area contributed by atoms with Gasteiger partial charge >= 0.3 is 11.6 Å². The minimum absolute atomic E-state index is 0.0173. The van der Waals surface area contributed by atoms with E-state index in [0.717, 1.165) is 34.9 Å². The van der Waals surface area contributed by atoms with Gasteiger partial charge in [-0.15, -0.1) is 0 Å². The molecule has 0 saturated carbocycles. The molecule has 4 aromatic rings. The van der Waals surface area contributed by atoms with E-state index in [9.17, 15) is 24.6 Å². The first-order chi connectivity index (χ1) is 16.8. The molecule has 9 nitrogen and oxygen atoms in total. The van der Waals surface area contributed by atoms with Crippen LogP contribution >= 0.6 is 0 Å². The minimum Gasteiger partial charge on any atom is -0.508 e. The standard InChI is InChI=1S/C26H24N2O7/c1-13(34-16-6-7-18-17-3-2-4-19(17)26(33)35-23(18)11-16)24(30)28-22(25(31)32)9-14-12-27-21-8-5-15(29)10-20(14)21/h5-8,10-13,22,27,29H,2-4,9H2,1H3,(H,28,30)(H,31,32)/t13-,22-/m1/s1. The number of aromatic amines is 1. The topological polar surface area (TPSA) is 142 Å². The van der Waals surface area contributed by atoms with Crippen LogP contribution in [0.3, 0.4) is 0 Å². The quantitative estimate of drug-likeness (QED) is 0.300. The summed E-state index contributed by atoms with van der Waals surface area (Å²) in [6, 6.07) is 8.66. The summed E-state index contributed by atoms with van der Waals surface area (Å²) in [5, 5.41) is 23.5. The third kappa shape index (κ3) is 4.32. The summed E-state index contributed by atoms with van der Waals surface area (Å²) in [6.07, 6.45) is 3.13. The summed E-state index contributed by atoms with van der Waals surface area (Å²) >= 11 is 0. The number of aromatic hydroxyl groups is 1. The molecule has 1 amide bonds. The maximum absolute atomic E-state index is 12.8. The summed E-state index contributed by atoms with van der Waals surface area (Å²) in [6.45, 7) is 1.51. The number of rotatable bonds is 7. The number of carbonyl (C=O) groups is 2. The second-order valence-corrected chi connectivity index (χ2v) is 8.77. The number of carbonyl (C=O) groups excluding carboxylic acids is 1. The minimum atomic E-state index is -1.20. The number of aromatic nitrogens is 1. The highest BCUT2D eigenvalue weighted by Gasteiger charge is 2.26. The zero-order valence-corrected chi connectivity index (χ0v) is 19.0. The molecule has 4 N–H and O–H groups in total. The van der Waals surface area contributed by atoms with Crippen LogP contribution in [0.4, 0.5) is 0 Å². The number of hydrogen-bond acceptors (Lipinski definition) is 6. The van der Waals surface area contributed by atoms with Crippen LogP contribution in [-0.2, 0) is 28.9 Å². The average Bonchev–Trinajstić information content (AvgIpc) is 3.46. The number of aliphatic carboxylic acids is 1. The Hall–Kier alpha value is -4.27. The molecule has 0 fully saturated rings. The van der Waals surface area contributed by atoms with E-state index in [0.29, 0.717) is 28.7 Å². The third-order valence-electron chi connectivity index (χ3n) is 6.42. The molecule has 2 aromatic heterocycles. The van der Waals surface area contributed by atoms with Gasteiger partial charge in [-0.1, -0.05) is 0 Å². The predicted octanol–water partition coefficient (Wildman–Crippen LogP) is 3.05. The smallest absolute Gasteiger partial charge is 0.339 e. The molecule has 2 aromatic carbocycles. The SMILES string of the molecule is C[C@@H](Oc1ccc2c3c(c(=O)oc2c1)CCC3)C(=O)N[C@H](Cc1c[nH]c2ccc(O)cc12)C(=O)O. The number of amides is 1. The number of aryl methyl sites for hydroxylation is 1. The first-order valence-corrected chi connectivity index (χ1v) is 11.4. The van der Waals surface area contributed by atoms with Crippen LogP contribution in [0.1, 0.15) is 30.0 Å². The van der Waals surface area contributed by atoms with Crippen LogP contribution in [0.2, 0.25) is 0 Å². The van der Waals surface area contributed by atoms with Gasteiger partial charge in [0.2, 0.25) is 0 Å². The summed E-state index contributed by atoms with van der Waals surface area (Å²) in [5.41, 5.74) is 3.18. The molecule has 180 valence electrons. The monoisotopic (exact) mass is 476 g/mol. The molecule has 2 heterocycles. The number of ether oxygens (including phenoxy) is 1. The molecule has 2 atom stereocenters. The molecule has 5 rings (SSSR count). The summed E-state index contributed by atoms with van der Waals surface area (Å²) in [4.78, 5) is 39.9. The van der Waals surface area contributed by atoms with Gasteiger partial charge in [-0.05, 0) is 67.6 Å². The largest absolute Gasteiger partial charge is 0.508 e. The number of hydrogen-bond donors (Lipinski definition) is 4. The second-order valence-electron chi connectivity index (χ2n) is 8.77. The van der Waals surface area contributed by atoms with Gasteiger partial charge in [0.25, 0.3) is 5.91 Å². The van der Waals surface area contributed by atoms with Crippen molar-refractivity contribution in [3.05, 3.63) is 69.7 Å². The Balaban J connectivity index is 1.30. The van der Waals surface area contributed by atoms with Crippen LogP contribution in [0.15, 0.2) is 51.8 Å². The van der Waals surface area contributed by atoms with Crippen molar-refractivity contribution >= 4 is 33.7 Å². The number of H-pyrrole nitrogens is 1. The van der Waals surface area contributed by atoms with Crippen molar-refractivity contribution in [3.8, 4) is 11.5 Å². The number of fused-ring (bicyclic) bond motifs is 4. The highest BCUT2D eigenvalue weighted by atomic mass is 16.5. The normalized spacial score (nSPS) is 14.5. The van der Waals surface area contributed by atoms with Crippen LogP contribution in [0.5, 0.6) is 11.5 Å². The molecule has 0 saturated heterocycles. The van der Waals surface area contributed by atoms with Gasteiger partial charge in [-0.3, -0.25) is 4.79 Å². The Morgan fingerprint density at radius 1 is 1.14 bits per heavy atom. The van der Waals surface area contributed by atoms with E-state index in [1.54, 1.807) is 30.5 Å². The van der Waals surface area contributed by atoms with Crippen LogP contribution in [0.25, 0.3) is 21.9 Å². The summed E-state index contributed by atoms with van der Waals surface area (Å²) < 4.78 is 11.2. The Kier molecular flexibility index (Phi) is 5.68. The molecule has 35 heavy (non-hydrogen) atoms. The Morgan fingerprint density at radius 2 is 1.94 bits per heavy atom. The van der Waals surface area contributed by atoms with Crippen molar-refractivity contribution in [3.63, 3.8) is 0 Å². The van der Waals surface area contributed by atoms with E-state index in [4.69, 9.17) is 9.15 Å². The van der Waals surface area contributed by atoms with E-state index in [-0.39, 0.29) is 17.8 Å². The molecule has 0 spiro atoms. The first kappa shape index (κ1) is 22.5. The van der Waals surface area contributed by atoms with Gasteiger partial charge < -0.3 is 29.7 Å². The number of phenols is 1. The van der Waals surface area contributed by atoms with Crippen molar-refractivity contribution < 1.29 is 29.0 Å². The van der Waals surface area contributed by atoms with E-state index in [1.807, 2.05) is 6.07 Å². The number of benzene rings is 2. The maximum atomic E-state index is 12.8. The molecular weight excluding hydrogens is 452 g/mol. The Bertz CT molecular complexity index is 1520. The summed E-state index contributed by atoms with van der Waals surface area (Å²) in [7, 11) is 0. The van der Waals surface area contributed by atoms with Crippen molar-refractivity contribution in [1.29, 1.82) is 0 Å². The van der Waals surface area contributed by atoms with Gasteiger partial charge in [0.15, 0.2) is 6.10 Å². The highest BCUT2D eigenvalue weighted by Crippen LogP contribution is 2.30. The fourth-order valence-electron chi connectivity index (χ4n) is 4.64. The van der Waals surface area contributed by atoms with Crippen molar-refractivity contribution in [1.82, 2.24) is 10.3 Å². The second kappa shape index (κ2) is 8.83.